The quantitative estimate of drug-likeness (QED) is 0.119. The van der Waals surface area contributed by atoms with Crippen molar-refractivity contribution in [1.29, 1.82) is 0 Å². The molecule has 0 heterocycles. The highest BCUT2D eigenvalue weighted by Gasteiger charge is 2.36. The maximum atomic E-state index is 2.53. The Morgan fingerprint density at radius 2 is 0.671 bits per heavy atom. The molecular weight excluding hydrogens is 877 g/mol. The molecule has 14 aromatic rings. The van der Waals surface area contributed by atoms with Crippen LogP contribution >= 0.6 is 0 Å². The highest BCUT2D eigenvalue weighted by molar-refractivity contribution is 6.38. The molecule has 0 spiro atoms. The van der Waals surface area contributed by atoms with E-state index >= 15 is 0 Å². The van der Waals surface area contributed by atoms with E-state index in [0.717, 1.165) is 0 Å². The SMILES string of the molecule is CC1(C)c2ccccc2-c2ccc(-c3c4ccccc4c(-c4cc5ccccc5cc4-c4ccccc4)c4c5ccc(-c6cccc7ccccc67)cc5c5cc(-c6cccc7ccccc67)ccc5c34)cc21. The molecular formula is C73H48. The molecule has 0 fully saturated rings. The lowest BCUT2D eigenvalue weighted by Crippen LogP contribution is -2.14. The van der Waals surface area contributed by atoms with E-state index in [1.165, 1.54) is 153 Å². The molecule has 73 heavy (non-hydrogen) atoms. The molecule has 0 saturated carbocycles. The van der Waals surface area contributed by atoms with Gasteiger partial charge in [0.25, 0.3) is 0 Å². The lowest BCUT2D eigenvalue weighted by Gasteiger charge is -2.25. The standard InChI is InChI=1S/C73H48/c1-73(2)67-33-15-14-28-57(67)58-37-36-52(44-68(58)73)69-59-29-12-13-30-60(59)70(66-41-49-23-7-6-22-48(49)40-63(66)47-18-4-3-5-19-47)72-62-39-35-51(56-32-17-25-46-21-9-11-27-54(46)56)43-65(62)64-42-50(34-38-61(64)71(69)72)55-31-16-24-45-20-8-10-26-53(45)55/h3-44H,1-2H3. The van der Waals surface area contributed by atoms with E-state index in [4.69, 9.17) is 0 Å². The monoisotopic (exact) mass is 924 g/mol. The first-order chi connectivity index (χ1) is 36.0. The van der Waals surface area contributed by atoms with Gasteiger partial charge < -0.3 is 0 Å². The fourth-order valence-corrected chi connectivity index (χ4v) is 13.0. The first-order valence-electron chi connectivity index (χ1n) is 25.7. The van der Waals surface area contributed by atoms with Crippen LogP contribution in [0.3, 0.4) is 0 Å². The van der Waals surface area contributed by atoms with Crippen molar-refractivity contribution >= 4 is 75.4 Å². The summed E-state index contributed by atoms with van der Waals surface area (Å²) in [6, 6.07) is 96.1. The highest BCUT2D eigenvalue weighted by Crippen LogP contribution is 2.55. The van der Waals surface area contributed by atoms with Crippen molar-refractivity contribution in [2.45, 2.75) is 19.3 Å². The van der Waals surface area contributed by atoms with Crippen molar-refractivity contribution in [2.75, 3.05) is 0 Å². The molecule has 0 bridgehead atoms. The topological polar surface area (TPSA) is 0 Å². The third-order valence-corrected chi connectivity index (χ3v) is 16.4. The molecule has 0 amide bonds. The van der Waals surface area contributed by atoms with E-state index < -0.39 is 0 Å². The Morgan fingerprint density at radius 3 is 1.30 bits per heavy atom. The predicted molar refractivity (Wildman–Crippen MR) is 314 cm³/mol. The van der Waals surface area contributed by atoms with Gasteiger partial charge in [0.1, 0.15) is 0 Å². The van der Waals surface area contributed by atoms with Gasteiger partial charge >= 0.3 is 0 Å². The van der Waals surface area contributed by atoms with Gasteiger partial charge in [0.15, 0.2) is 0 Å². The van der Waals surface area contributed by atoms with Crippen LogP contribution in [0.25, 0.3) is 142 Å². The third-order valence-electron chi connectivity index (χ3n) is 16.4. The maximum Gasteiger partial charge on any atom is 0.0159 e. The number of benzene rings is 14. The Kier molecular flexibility index (Phi) is 9.11. The lowest BCUT2D eigenvalue weighted by molar-refractivity contribution is 0.660. The molecule has 0 heteroatoms. The second-order valence-electron chi connectivity index (χ2n) is 20.7. The van der Waals surface area contributed by atoms with E-state index in [9.17, 15) is 0 Å². The van der Waals surface area contributed by atoms with Crippen molar-refractivity contribution in [3.05, 3.63) is 266 Å². The van der Waals surface area contributed by atoms with Crippen LogP contribution in [0.2, 0.25) is 0 Å². The molecule has 14 aromatic carbocycles. The van der Waals surface area contributed by atoms with Crippen molar-refractivity contribution in [1.82, 2.24) is 0 Å². The van der Waals surface area contributed by atoms with E-state index in [1.807, 2.05) is 0 Å². The summed E-state index contributed by atoms with van der Waals surface area (Å²) in [6.07, 6.45) is 0. The Morgan fingerprint density at radius 1 is 0.219 bits per heavy atom. The summed E-state index contributed by atoms with van der Waals surface area (Å²) in [5.41, 5.74) is 17.6. The zero-order valence-corrected chi connectivity index (χ0v) is 40.7. The number of rotatable bonds is 5. The van der Waals surface area contributed by atoms with Gasteiger partial charge in [-0.1, -0.05) is 238 Å². The number of hydrogen-bond acceptors (Lipinski definition) is 0. The predicted octanol–water partition coefficient (Wildman–Crippen LogP) is 20.4. The average molecular weight is 925 g/mol. The fraction of sp³-hybridized carbons (Fsp3) is 0.0411. The summed E-state index contributed by atoms with van der Waals surface area (Å²) in [7, 11) is 0. The summed E-state index contributed by atoms with van der Waals surface area (Å²) in [5, 5.41) is 17.5. The van der Waals surface area contributed by atoms with Gasteiger partial charge in [0, 0.05) is 5.41 Å². The molecule has 15 rings (SSSR count). The highest BCUT2D eigenvalue weighted by atomic mass is 14.4. The van der Waals surface area contributed by atoms with E-state index in [0.29, 0.717) is 0 Å². The Labute approximate surface area is 425 Å². The van der Waals surface area contributed by atoms with Crippen LogP contribution < -0.4 is 0 Å². The van der Waals surface area contributed by atoms with E-state index in [2.05, 4.69) is 269 Å². The fourth-order valence-electron chi connectivity index (χ4n) is 13.0. The van der Waals surface area contributed by atoms with E-state index in [-0.39, 0.29) is 5.41 Å². The lowest BCUT2D eigenvalue weighted by atomic mass is 9.78. The van der Waals surface area contributed by atoms with Gasteiger partial charge in [-0.3, -0.25) is 0 Å². The summed E-state index contributed by atoms with van der Waals surface area (Å²) in [5.74, 6) is 0. The van der Waals surface area contributed by atoms with Gasteiger partial charge in [0.05, 0.1) is 0 Å². The van der Waals surface area contributed by atoms with Crippen LogP contribution in [0.1, 0.15) is 25.0 Å². The average Bonchev–Trinajstić information content (AvgIpc) is 3.68. The van der Waals surface area contributed by atoms with Crippen LogP contribution in [-0.4, -0.2) is 0 Å². The van der Waals surface area contributed by atoms with Crippen molar-refractivity contribution < 1.29 is 0 Å². The van der Waals surface area contributed by atoms with Crippen LogP contribution in [0.5, 0.6) is 0 Å². The molecule has 0 aliphatic heterocycles. The molecule has 0 atom stereocenters. The van der Waals surface area contributed by atoms with Crippen molar-refractivity contribution in [3.63, 3.8) is 0 Å². The van der Waals surface area contributed by atoms with Gasteiger partial charge in [0.2, 0.25) is 0 Å². The molecule has 0 N–H and O–H groups in total. The molecule has 1 aliphatic rings. The first kappa shape index (κ1) is 41.7. The van der Waals surface area contributed by atoms with Crippen LogP contribution in [0, 0.1) is 0 Å². The number of hydrogen-bond donors (Lipinski definition) is 0. The molecule has 1 aliphatic carbocycles. The summed E-state index contributed by atoms with van der Waals surface area (Å²) in [4.78, 5) is 0. The zero-order chi connectivity index (χ0) is 48.4. The van der Waals surface area contributed by atoms with Crippen LogP contribution in [-0.2, 0) is 5.41 Å². The van der Waals surface area contributed by atoms with Crippen molar-refractivity contribution in [3.8, 4) is 66.8 Å². The summed E-state index contributed by atoms with van der Waals surface area (Å²) in [6.45, 7) is 4.80. The molecule has 0 radical (unpaired) electrons. The van der Waals surface area contributed by atoms with Gasteiger partial charge in [-0.2, -0.15) is 0 Å². The van der Waals surface area contributed by atoms with Crippen LogP contribution in [0.15, 0.2) is 255 Å². The molecule has 0 aromatic heterocycles. The normalized spacial score (nSPS) is 12.9. The van der Waals surface area contributed by atoms with Gasteiger partial charge in [-0.05, 0) is 184 Å². The minimum absolute atomic E-state index is 0.163. The van der Waals surface area contributed by atoms with Crippen molar-refractivity contribution in [2.24, 2.45) is 0 Å². The second-order valence-corrected chi connectivity index (χ2v) is 20.7. The zero-order valence-electron chi connectivity index (χ0n) is 40.7. The van der Waals surface area contributed by atoms with Gasteiger partial charge in [-0.15, -0.1) is 0 Å². The molecule has 0 unspecified atom stereocenters. The van der Waals surface area contributed by atoms with Gasteiger partial charge in [-0.25, -0.2) is 0 Å². The smallest absolute Gasteiger partial charge is 0.0159 e. The maximum absolute atomic E-state index is 2.53. The minimum atomic E-state index is -0.163. The van der Waals surface area contributed by atoms with Crippen LogP contribution in [0.4, 0.5) is 0 Å². The third kappa shape index (κ3) is 6.27. The largest absolute Gasteiger partial charge is 0.0622 e. The Bertz CT molecular complexity index is 4620. The summed E-state index contributed by atoms with van der Waals surface area (Å²) < 4.78 is 0. The molecule has 0 nitrogen and oxygen atoms in total. The van der Waals surface area contributed by atoms with E-state index in [1.54, 1.807) is 0 Å². The number of fused-ring (bicyclic) bond motifs is 13. The molecule has 0 saturated heterocycles. The summed E-state index contributed by atoms with van der Waals surface area (Å²) >= 11 is 0. The minimum Gasteiger partial charge on any atom is -0.0622 e. The Balaban J connectivity index is 1.16. The second kappa shape index (κ2) is 16.0. The first-order valence-corrected chi connectivity index (χ1v) is 25.7. The Hall–Kier alpha value is -9.10. The molecule has 340 valence electrons.